The maximum atomic E-state index is 11.3. The van der Waals surface area contributed by atoms with Gasteiger partial charge in [0.25, 0.3) is 0 Å². The van der Waals surface area contributed by atoms with Crippen molar-refractivity contribution in [2.24, 2.45) is 11.1 Å². The number of rotatable bonds is 0. The van der Waals surface area contributed by atoms with Gasteiger partial charge in [0.05, 0.1) is 5.75 Å². The summed E-state index contributed by atoms with van der Waals surface area (Å²) in [5.74, 6) is 0.302. The van der Waals surface area contributed by atoms with Crippen molar-refractivity contribution in [2.75, 3.05) is 5.75 Å². The van der Waals surface area contributed by atoms with E-state index in [1.165, 1.54) is 0 Å². The van der Waals surface area contributed by atoms with Crippen LogP contribution in [0.3, 0.4) is 0 Å². The Hall–Kier alpha value is -0.0900. The van der Waals surface area contributed by atoms with Gasteiger partial charge in [-0.3, -0.25) is 0 Å². The molecule has 0 aromatic rings. The summed E-state index contributed by atoms with van der Waals surface area (Å²) in [5, 5.41) is -0.552. The van der Waals surface area contributed by atoms with E-state index in [2.05, 4.69) is 0 Å². The van der Waals surface area contributed by atoms with Crippen molar-refractivity contribution in [3.63, 3.8) is 0 Å². The normalized spacial score (nSPS) is 38.8. The van der Waals surface area contributed by atoms with Crippen LogP contribution in [0.5, 0.6) is 0 Å². The van der Waals surface area contributed by atoms with Crippen molar-refractivity contribution in [3.05, 3.63) is 0 Å². The van der Waals surface area contributed by atoms with Crippen LogP contribution in [0, 0.1) is 5.41 Å². The fourth-order valence-electron chi connectivity index (χ4n) is 1.97. The van der Waals surface area contributed by atoms with Crippen LogP contribution in [0.25, 0.3) is 0 Å². The largest absolute Gasteiger partial charge is 0.315 e. The molecule has 0 bridgehead atoms. The highest BCUT2D eigenvalue weighted by Gasteiger charge is 2.54. The lowest BCUT2D eigenvalue weighted by molar-refractivity contribution is 0.402. The Bertz CT molecular complexity index is 266. The molecule has 0 aromatic heterocycles. The van der Waals surface area contributed by atoms with E-state index >= 15 is 0 Å². The Labute approximate surface area is 66.9 Å². The lowest BCUT2D eigenvalue weighted by Crippen LogP contribution is -2.44. The molecule has 1 heterocycles. The summed E-state index contributed by atoms with van der Waals surface area (Å²) in [6.07, 6.45) is 3.88. The maximum Gasteiger partial charge on any atom is 0.166 e. The summed E-state index contributed by atoms with van der Waals surface area (Å²) in [4.78, 5) is 0. The molecule has 1 saturated carbocycles. The van der Waals surface area contributed by atoms with E-state index in [1.807, 2.05) is 0 Å². The number of nitrogens with two attached hydrogens (primary N) is 1. The molecule has 64 valence electrons. The van der Waals surface area contributed by atoms with Crippen LogP contribution in [-0.4, -0.2) is 19.5 Å². The van der Waals surface area contributed by atoms with Gasteiger partial charge in [-0.05, 0) is 31.1 Å². The maximum absolute atomic E-state index is 11.3. The minimum atomic E-state index is -2.93. The molecule has 1 spiro atoms. The van der Waals surface area contributed by atoms with E-state index in [0.717, 1.165) is 25.7 Å². The summed E-state index contributed by atoms with van der Waals surface area (Å²) < 4.78 is 22.6. The van der Waals surface area contributed by atoms with Crippen LogP contribution >= 0.6 is 0 Å². The second-order valence-electron chi connectivity index (χ2n) is 3.75. The average Bonchev–Trinajstić information content (AvgIpc) is 2.65. The molecule has 2 rings (SSSR count). The predicted octanol–water partition coefficient (Wildman–Crippen LogP) is 0.260. The van der Waals surface area contributed by atoms with Crippen molar-refractivity contribution in [1.82, 2.24) is 0 Å². The Kier molecular flexibility index (Phi) is 1.36. The van der Waals surface area contributed by atoms with Gasteiger partial charge < -0.3 is 5.73 Å². The highest BCUT2D eigenvalue weighted by molar-refractivity contribution is 7.92. The molecule has 0 radical (unpaired) electrons. The summed E-state index contributed by atoms with van der Waals surface area (Å²) in [6, 6.07) is 0. The number of hydrogen-bond acceptors (Lipinski definition) is 3. The van der Waals surface area contributed by atoms with E-state index in [9.17, 15) is 8.42 Å². The van der Waals surface area contributed by atoms with Gasteiger partial charge in [-0.1, -0.05) is 0 Å². The van der Waals surface area contributed by atoms with Crippen molar-refractivity contribution >= 4 is 9.84 Å². The van der Waals surface area contributed by atoms with Gasteiger partial charge in [-0.15, -0.1) is 0 Å². The van der Waals surface area contributed by atoms with Crippen LogP contribution in [0.4, 0.5) is 0 Å². The molecule has 1 aliphatic carbocycles. The zero-order valence-electron chi connectivity index (χ0n) is 6.41. The molecule has 0 aromatic carbocycles. The smallest absolute Gasteiger partial charge is 0.166 e. The molecule has 11 heavy (non-hydrogen) atoms. The topological polar surface area (TPSA) is 60.2 Å². The fourth-order valence-corrected chi connectivity index (χ4v) is 3.89. The Balaban J connectivity index is 2.30. The molecule has 1 aliphatic heterocycles. The molecule has 1 atom stereocenters. The van der Waals surface area contributed by atoms with Gasteiger partial charge in [0.2, 0.25) is 0 Å². The Morgan fingerprint density at radius 1 is 1.27 bits per heavy atom. The first-order valence-corrected chi connectivity index (χ1v) is 5.76. The second-order valence-corrected chi connectivity index (χ2v) is 6.00. The minimum absolute atomic E-state index is 0.0110. The summed E-state index contributed by atoms with van der Waals surface area (Å²) in [7, 11) is -2.93. The van der Waals surface area contributed by atoms with Gasteiger partial charge >= 0.3 is 0 Å². The first-order chi connectivity index (χ1) is 5.07. The van der Waals surface area contributed by atoms with Gasteiger partial charge in [0.15, 0.2) is 9.84 Å². The van der Waals surface area contributed by atoms with Crippen molar-refractivity contribution in [1.29, 1.82) is 0 Å². The SMILES string of the molecule is NC1C2(CCCS1(=O)=O)CC2. The third-order valence-electron chi connectivity index (χ3n) is 2.99. The molecule has 0 amide bonds. The fraction of sp³-hybridized carbons (Fsp3) is 1.00. The van der Waals surface area contributed by atoms with E-state index in [1.54, 1.807) is 0 Å². The standard InChI is InChI=1S/C7H13NO2S/c8-6-7(3-4-7)2-1-5-11(6,9)10/h6H,1-5,8H2. The zero-order chi connectivity index (χ0) is 8.11. The average molecular weight is 175 g/mol. The predicted molar refractivity (Wildman–Crippen MR) is 42.7 cm³/mol. The molecule has 2 fully saturated rings. The van der Waals surface area contributed by atoms with E-state index in [4.69, 9.17) is 5.73 Å². The van der Waals surface area contributed by atoms with Gasteiger partial charge in [0, 0.05) is 0 Å². The first-order valence-electron chi connectivity index (χ1n) is 4.04. The molecule has 2 N–H and O–H groups in total. The van der Waals surface area contributed by atoms with Gasteiger partial charge in [0.1, 0.15) is 5.37 Å². The third-order valence-corrected chi connectivity index (χ3v) is 5.12. The second kappa shape index (κ2) is 1.98. The monoisotopic (exact) mass is 175 g/mol. The van der Waals surface area contributed by atoms with Crippen molar-refractivity contribution in [3.8, 4) is 0 Å². The highest BCUT2D eigenvalue weighted by atomic mass is 32.2. The number of hydrogen-bond donors (Lipinski definition) is 1. The first kappa shape index (κ1) is 7.55. The van der Waals surface area contributed by atoms with Crippen LogP contribution in [0.1, 0.15) is 25.7 Å². The van der Waals surface area contributed by atoms with Crippen molar-refractivity contribution in [2.45, 2.75) is 31.1 Å². The Morgan fingerprint density at radius 2 is 1.91 bits per heavy atom. The van der Waals surface area contributed by atoms with Gasteiger partial charge in [-0.25, -0.2) is 8.42 Å². The van der Waals surface area contributed by atoms with Crippen LogP contribution < -0.4 is 5.73 Å². The summed E-state index contributed by atoms with van der Waals surface area (Å²) >= 11 is 0. The third kappa shape index (κ3) is 0.999. The number of sulfone groups is 1. The van der Waals surface area contributed by atoms with E-state index in [0.29, 0.717) is 5.75 Å². The molecule has 1 saturated heterocycles. The molecule has 3 nitrogen and oxygen atoms in total. The van der Waals surface area contributed by atoms with E-state index in [-0.39, 0.29) is 5.41 Å². The van der Waals surface area contributed by atoms with Crippen LogP contribution in [-0.2, 0) is 9.84 Å². The lowest BCUT2D eigenvalue weighted by Gasteiger charge is -2.27. The molecule has 2 aliphatic rings. The van der Waals surface area contributed by atoms with E-state index < -0.39 is 15.2 Å². The highest BCUT2D eigenvalue weighted by Crippen LogP contribution is 2.55. The van der Waals surface area contributed by atoms with Gasteiger partial charge in [-0.2, -0.15) is 0 Å². The molecule has 4 heteroatoms. The summed E-state index contributed by atoms with van der Waals surface area (Å²) in [5.41, 5.74) is 5.68. The summed E-state index contributed by atoms with van der Waals surface area (Å²) in [6.45, 7) is 0. The van der Waals surface area contributed by atoms with Crippen LogP contribution in [0.2, 0.25) is 0 Å². The Morgan fingerprint density at radius 3 is 2.36 bits per heavy atom. The zero-order valence-corrected chi connectivity index (χ0v) is 7.23. The molecular formula is C7H13NO2S. The molecule has 1 unspecified atom stereocenters. The minimum Gasteiger partial charge on any atom is -0.315 e. The molecular weight excluding hydrogens is 162 g/mol. The van der Waals surface area contributed by atoms with Crippen LogP contribution in [0.15, 0.2) is 0 Å². The lowest BCUT2D eigenvalue weighted by atomic mass is 10.0. The van der Waals surface area contributed by atoms with Crippen molar-refractivity contribution < 1.29 is 8.42 Å². The quantitative estimate of drug-likeness (QED) is 0.574.